The van der Waals surface area contributed by atoms with Crippen LogP contribution in [0.1, 0.15) is 40.5 Å². The number of carbonyl (C=O) groups is 1. The Kier molecular flexibility index (Phi) is 5.69. The Morgan fingerprint density at radius 3 is 2.55 bits per heavy atom. The van der Waals surface area contributed by atoms with E-state index in [1.165, 1.54) is 12.1 Å². The summed E-state index contributed by atoms with van der Waals surface area (Å²) in [6, 6.07) is 5.91. The fourth-order valence-electron chi connectivity index (χ4n) is 2.34. The Bertz CT molecular complexity index is 454. The highest BCUT2D eigenvalue weighted by atomic mass is 19.1. The highest BCUT2D eigenvalue weighted by Crippen LogP contribution is 2.22. The Morgan fingerprint density at radius 1 is 1.40 bits per heavy atom. The molecule has 0 bridgehead atoms. The molecule has 0 saturated heterocycles. The van der Waals surface area contributed by atoms with E-state index in [0.29, 0.717) is 12.2 Å². The van der Waals surface area contributed by atoms with E-state index >= 15 is 0 Å². The SMILES string of the molecule is CCN(C(=O)CC(N)CC(C)(C)C)c1cccc(F)c1. The molecule has 1 amide bonds. The molecule has 112 valence electrons. The molecule has 0 aliphatic heterocycles. The quantitative estimate of drug-likeness (QED) is 0.899. The van der Waals surface area contributed by atoms with Gasteiger partial charge in [0.2, 0.25) is 5.91 Å². The van der Waals surface area contributed by atoms with E-state index in [2.05, 4.69) is 20.8 Å². The summed E-state index contributed by atoms with van der Waals surface area (Å²) in [7, 11) is 0. The topological polar surface area (TPSA) is 46.3 Å². The molecule has 0 spiro atoms. The van der Waals surface area contributed by atoms with Crippen LogP contribution in [0.25, 0.3) is 0 Å². The fraction of sp³-hybridized carbons (Fsp3) is 0.562. The molecular formula is C16H25FN2O. The second kappa shape index (κ2) is 6.84. The van der Waals surface area contributed by atoms with Crippen molar-refractivity contribution in [3.63, 3.8) is 0 Å². The van der Waals surface area contributed by atoms with Crippen LogP contribution in [0.4, 0.5) is 10.1 Å². The van der Waals surface area contributed by atoms with Crippen LogP contribution >= 0.6 is 0 Å². The summed E-state index contributed by atoms with van der Waals surface area (Å²) in [6.45, 7) is 8.67. The number of benzene rings is 1. The number of hydrogen-bond donors (Lipinski definition) is 1. The van der Waals surface area contributed by atoms with E-state index in [4.69, 9.17) is 5.73 Å². The van der Waals surface area contributed by atoms with E-state index in [9.17, 15) is 9.18 Å². The maximum atomic E-state index is 13.2. The van der Waals surface area contributed by atoms with Crippen LogP contribution in [0.3, 0.4) is 0 Å². The first-order valence-corrected chi connectivity index (χ1v) is 7.04. The van der Waals surface area contributed by atoms with Crippen LogP contribution in [0.2, 0.25) is 0 Å². The zero-order valence-electron chi connectivity index (χ0n) is 12.8. The van der Waals surface area contributed by atoms with Crippen molar-refractivity contribution >= 4 is 11.6 Å². The molecule has 0 heterocycles. The van der Waals surface area contributed by atoms with E-state index in [1.54, 1.807) is 17.0 Å². The molecule has 1 aromatic rings. The van der Waals surface area contributed by atoms with Crippen LogP contribution in [-0.4, -0.2) is 18.5 Å². The fourth-order valence-corrected chi connectivity index (χ4v) is 2.34. The number of nitrogens with zero attached hydrogens (tertiary/aromatic N) is 1. The Hall–Kier alpha value is -1.42. The Balaban J connectivity index is 2.73. The van der Waals surface area contributed by atoms with Crippen LogP contribution in [-0.2, 0) is 4.79 Å². The number of carbonyl (C=O) groups excluding carboxylic acids is 1. The zero-order chi connectivity index (χ0) is 15.3. The van der Waals surface area contributed by atoms with Gasteiger partial charge in [0.15, 0.2) is 0 Å². The summed E-state index contributed by atoms with van der Waals surface area (Å²) in [6.07, 6.45) is 1.06. The highest BCUT2D eigenvalue weighted by Gasteiger charge is 2.21. The predicted molar refractivity (Wildman–Crippen MR) is 81.1 cm³/mol. The van der Waals surface area contributed by atoms with E-state index in [1.807, 2.05) is 6.92 Å². The largest absolute Gasteiger partial charge is 0.327 e. The number of anilines is 1. The Labute approximate surface area is 121 Å². The minimum absolute atomic E-state index is 0.0603. The number of rotatable bonds is 5. The maximum absolute atomic E-state index is 13.2. The molecule has 20 heavy (non-hydrogen) atoms. The van der Waals surface area contributed by atoms with Gasteiger partial charge in [-0.1, -0.05) is 26.8 Å². The zero-order valence-corrected chi connectivity index (χ0v) is 12.8. The van der Waals surface area contributed by atoms with E-state index < -0.39 is 0 Å². The second-order valence-corrected chi connectivity index (χ2v) is 6.35. The molecule has 0 aliphatic rings. The van der Waals surface area contributed by atoms with E-state index in [0.717, 1.165) is 6.42 Å². The second-order valence-electron chi connectivity index (χ2n) is 6.35. The van der Waals surface area contributed by atoms with Crippen LogP contribution in [0.5, 0.6) is 0 Å². The van der Waals surface area contributed by atoms with Crippen molar-refractivity contribution in [2.75, 3.05) is 11.4 Å². The first-order chi connectivity index (χ1) is 9.23. The van der Waals surface area contributed by atoms with Crippen LogP contribution in [0.15, 0.2) is 24.3 Å². The van der Waals surface area contributed by atoms with Gasteiger partial charge in [0.25, 0.3) is 0 Å². The lowest BCUT2D eigenvalue weighted by atomic mass is 9.87. The van der Waals surface area contributed by atoms with Gasteiger partial charge in [0.1, 0.15) is 5.82 Å². The van der Waals surface area contributed by atoms with Crippen molar-refractivity contribution in [2.24, 2.45) is 11.1 Å². The predicted octanol–water partition coefficient (Wildman–Crippen LogP) is 3.33. The van der Waals surface area contributed by atoms with Crippen molar-refractivity contribution in [3.05, 3.63) is 30.1 Å². The van der Waals surface area contributed by atoms with Gasteiger partial charge >= 0.3 is 0 Å². The number of nitrogens with two attached hydrogens (primary N) is 1. The van der Waals surface area contributed by atoms with Gasteiger partial charge in [-0.25, -0.2) is 4.39 Å². The molecule has 0 fully saturated rings. The summed E-state index contributed by atoms with van der Waals surface area (Å²) in [5, 5.41) is 0. The monoisotopic (exact) mass is 280 g/mol. The molecule has 0 aromatic heterocycles. The molecule has 3 nitrogen and oxygen atoms in total. The summed E-state index contributed by atoms with van der Waals surface area (Å²) >= 11 is 0. The first kappa shape index (κ1) is 16.6. The summed E-state index contributed by atoms with van der Waals surface area (Å²) in [5.74, 6) is -0.400. The normalized spacial score (nSPS) is 13.1. The Morgan fingerprint density at radius 2 is 2.05 bits per heavy atom. The minimum atomic E-state index is -0.340. The molecule has 1 atom stereocenters. The lowest BCUT2D eigenvalue weighted by Crippen LogP contribution is -2.37. The average molecular weight is 280 g/mol. The average Bonchev–Trinajstić information content (AvgIpc) is 2.26. The summed E-state index contributed by atoms with van der Waals surface area (Å²) in [4.78, 5) is 13.9. The molecule has 0 radical (unpaired) electrons. The molecule has 0 saturated carbocycles. The standard InChI is InChI=1S/C16H25FN2O/c1-5-19(14-8-6-7-12(17)9-14)15(20)10-13(18)11-16(2,3)4/h6-9,13H,5,10-11,18H2,1-4H3. The van der Waals surface area contributed by atoms with Gasteiger partial charge in [-0.15, -0.1) is 0 Å². The summed E-state index contributed by atoms with van der Waals surface area (Å²) in [5.41, 5.74) is 6.72. The van der Waals surface area contributed by atoms with Gasteiger partial charge in [-0.3, -0.25) is 4.79 Å². The van der Waals surface area contributed by atoms with Gasteiger partial charge in [0, 0.05) is 24.7 Å². The lowest BCUT2D eigenvalue weighted by Gasteiger charge is -2.26. The smallest absolute Gasteiger partial charge is 0.228 e. The third kappa shape index (κ3) is 5.29. The van der Waals surface area contributed by atoms with E-state index in [-0.39, 0.29) is 29.6 Å². The minimum Gasteiger partial charge on any atom is -0.327 e. The van der Waals surface area contributed by atoms with Crippen molar-refractivity contribution in [1.82, 2.24) is 0 Å². The molecule has 1 rings (SSSR count). The maximum Gasteiger partial charge on any atom is 0.228 e. The van der Waals surface area contributed by atoms with Crippen molar-refractivity contribution in [1.29, 1.82) is 0 Å². The van der Waals surface area contributed by atoms with Crippen LogP contribution in [0, 0.1) is 11.2 Å². The summed E-state index contributed by atoms with van der Waals surface area (Å²) < 4.78 is 13.2. The van der Waals surface area contributed by atoms with Crippen LogP contribution < -0.4 is 10.6 Å². The van der Waals surface area contributed by atoms with Gasteiger partial charge in [-0.05, 0) is 37.0 Å². The molecule has 1 aromatic carbocycles. The molecule has 4 heteroatoms. The highest BCUT2D eigenvalue weighted by molar-refractivity contribution is 5.93. The third-order valence-corrected chi connectivity index (χ3v) is 3.05. The van der Waals surface area contributed by atoms with Crippen molar-refractivity contribution < 1.29 is 9.18 Å². The van der Waals surface area contributed by atoms with Crippen molar-refractivity contribution in [2.45, 2.75) is 46.6 Å². The number of amides is 1. The molecular weight excluding hydrogens is 255 g/mol. The molecule has 0 aliphatic carbocycles. The lowest BCUT2D eigenvalue weighted by molar-refractivity contribution is -0.119. The van der Waals surface area contributed by atoms with Gasteiger partial charge in [-0.2, -0.15) is 0 Å². The van der Waals surface area contributed by atoms with Gasteiger partial charge in [0.05, 0.1) is 0 Å². The molecule has 2 N–H and O–H groups in total. The third-order valence-electron chi connectivity index (χ3n) is 3.05. The van der Waals surface area contributed by atoms with Crippen molar-refractivity contribution in [3.8, 4) is 0 Å². The molecule has 1 unspecified atom stereocenters. The first-order valence-electron chi connectivity index (χ1n) is 7.04. The number of halogens is 1. The number of hydrogen-bond acceptors (Lipinski definition) is 2. The van der Waals surface area contributed by atoms with Gasteiger partial charge < -0.3 is 10.6 Å².